The monoisotopic (exact) mass is 226 g/mol. The fourth-order valence-corrected chi connectivity index (χ4v) is 2.17. The standard InChI is InChI=1S/C12H12F2O2/c13-10-4-8(5-11(14)6-10)1-7-2-9(3-7)12(15)16/h4-7,9H,1-3H2,(H,15,16). The van der Waals surface area contributed by atoms with Gasteiger partial charge in [0.2, 0.25) is 0 Å². The molecule has 0 unspecified atom stereocenters. The highest BCUT2D eigenvalue weighted by Gasteiger charge is 2.34. The SMILES string of the molecule is O=C(O)C1CC(Cc2cc(F)cc(F)c2)C1. The summed E-state index contributed by atoms with van der Waals surface area (Å²) >= 11 is 0. The Hall–Kier alpha value is -1.45. The Bertz CT molecular complexity index is 391. The normalized spacial score (nSPS) is 23.9. The highest BCUT2D eigenvalue weighted by Crippen LogP contribution is 2.36. The molecule has 1 aliphatic rings. The van der Waals surface area contributed by atoms with Crippen LogP contribution in [0.25, 0.3) is 0 Å². The van der Waals surface area contributed by atoms with Gasteiger partial charge in [-0.1, -0.05) is 0 Å². The van der Waals surface area contributed by atoms with Gasteiger partial charge in [0.25, 0.3) is 0 Å². The second kappa shape index (κ2) is 4.20. The van der Waals surface area contributed by atoms with E-state index in [4.69, 9.17) is 5.11 Å². The average Bonchev–Trinajstić information content (AvgIpc) is 2.08. The lowest BCUT2D eigenvalue weighted by Gasteiger charge is -2.32. The van der Waals surface area contributed by atoms with Crippen LogP contribution in [0.1, 0.15) is 18.4 Å². The Morgan fingerprint density at radius 2 is 1.81 bits per heavy atom. The molecule has 0 amide bonds. The van der Waals surface area contributed by atoms with E-state index in [1.807, 2.05) is 0 Å². The zero-order chi connectivity index (χ0) is 11.7. The van der Waals surface area contributed by atoms with Crippen molar-refractivity contribution in [2.45, 2.75) is 19.3 Å². The zero-order valence-electron chi connectivity index (χ0n) is 8.62. The first-order chi connectivity index (χ1) is 7.54. The smallest absolute Gasteiger partial charge is 0.306 e. The molecule has 2 nitrogen and oxygen atoms in total. The highest BCUT2D eigenvalue weighted by atomic mass is 19.1. The Labute approximate surface area is 91.9 Å². The third-order valence-corrected chi connectivity index (χ3v) is 3.03. The molecule has 86 valence electrons. The Morgan fingerprint density at radius 1 is 1.25 bits per heavy atom. The maximum absolute atomic E-state index is 12.9. The van der Waals surface area contributed by atoms with Crippen LogP contribution in [0.4, 0.5) is 8.78 Å². The minimum Gasteiger partial charge on any atom is -0.481 e. The van der Waals surface area contributed by atoms with E-state index in [2.05, 4.69) is 0 Å². The Morgan fingerprint density at radius 3 is 2.31 bits per heavy atom. The molecule has 2 rings (SSSR count). The molecule has 16 heavy (non-hydrogen) atoms. The van der Waals surface area contributed by atoms with Crippen LogP contribution in [0, 0.1) is 23.5 Å². The van der Waals surface area contributed by atoms with Crippen LogP contribution >= 0.6 is 0 Å². The van der Waals surface area contributed by atoms with E-state index in [-0.39, 0.29) is 11.8 Å². The first-order valence-electron chi connectivity index (χ1n) is 5.22. The van der Waals surface area contributed by atoms with E-state index < -0.39 is 17.6 Å². The summed E-state index contributed by atoms with van der Waals surface area (Å²) in [5.41, 5.74) is 0.603. The number of halogens is 2. The van der Waals surface area contributed by atoms with Crippen LogP contribution in [0.5, 0.6) is 0 Å². The number of carboxylic acid groups (broad SMARTS) is 1. The number of hydrogen-bond acceptors (Lipinski definition) is 1. The van der Waals surface area contributed by atoms with E-state index >= 15 is 0 Å². The van der Waals surface area contributed by atoms with Crippen molar-refractivity contribution in [1.29, 1.82) is 0 Å². The molecule has 0 bridgehead atoms. The summed E-state index contributed by atoms with van der Waals surface area (Å²) in [5, 5.41) is 8.69. The maximum Gasteiger partial charge on any atom is 0.306 e. The molecule has 1 aromatic carbocycles. The molecular formula is C12H12F2O2. The predicted octanol–water partition coefficient (Wildman–Crippen LogP) is 2.62. The Kier molecular flexibility index (Phi) is 2.90. The fraction of sp³-hybridized carbons (Fsp3) is 0.417. The third-order valence-electron chi connectivity index (χ3n) is 3.03. The second-order valence-corrected chi connectivity index (χ2v) is 4.35. The third kappa shape index (κ3) is 2.38. The van der Waals surface area contributed by atoms with Crippen molar-refractivity contribution in [1.82, 2.24) is 0 Å². The lowest BCUT2D eigenvalue weighted by Crippen LogP contribution is -2.31. The summed E-state index contributed by atoms with van der Waals surface area (Å²) < 4.78 is 25.7. The number of carboxylic acids is 1. The molecule has 0 radical (unpaired) electrons. The molecular weight excluding hydrogens is 214 g/mol. The van der Waals surface area contributed by atoms with Gasteiger partial charge in [-0.15, -0.1) is 0 Å². The van der Waals surface area contributed by atoms with Gasteiger partial charge in [0.05, 0.1) is 5.92 Å². The van der Waals surface area contributed by atoms with Gasteiger partial charge in [0.15, 0.2) is 0 Å². The molecule has 1 saturated carbocycles. The lowest BCUT2D eigenvalue weighted by atomic mass is 9.72. The maximum atomic E-state index is 12.9. The number of benzene rings is 1. The molecule has 0 atom stereocenters. The van der Waals surface area contributed by atoms with E-state index in [0.29, 0.717) is 24.8 Å². The highest BCUT2D eigenvalue weighted by molar-refractivity contribution is 5.71. The molecule has 1 N–H and O–H groups in total. The molecule has 1 aliphatic carbocycles. The molecule has 0 saturated heterocycles. The summed E-state index contributed by atoms with van der Waals surface area (Å²) in [6.45, 7) is 0. The van der Waals surface area contributed by atoms with Crippen LogP contribution in [0.15, 0.2) is 18.2 Å². The van der Waals surface area contributed by atoms with Gasteiger partial charge in [-0.3, -0.25) is 4.79 Å². The summed E-state index contributed by atoms with van der Waals surface area (Å²) in [5.74, 6) is -1.97. The van der Waals surface area contributed by atoms with Crippen LogP contribution < -0.4 is 0 Å². The summed E-state index contributed by atoms with van der Waals surface area (Å²) in [4.78, 5) is 10.6. The first kappa shape index (κ1) is 11.0. The minimum atomic E-state index is -0.776. The predicted molar refractivity (Wildman–Crippen MR) is 53.9 cm³/mol. The summed E-state index contributed by atoms with van der Waals surface area (Å²) in [6.07, 6.45) is 1.76. The van der Waals surface area contributed by atoms with E-state index in [1.165, 1.54) is 12.1 Å². The van der Waals surface area contributed by atoms with Crippen molar-refractivity contribution < 1.29 is 18.7 Å². The molecule has 0 aromatic heterocycles. The second-order valence-electron chi connectivity index (χ2n) is 4.35. The molecule has 1 fully saturated rings. The van der Waals surface area contributed by atoms with E-state index in [9.17, 15) is 13.6 Å². The van der Waals surface area contributed by atoms with Crippen molar-refractivity contribution in [2.75, 3.05) is 0 Å². The van der Waals surface area contributed by atoms with Crippen molar-refractivity contribution in [3.63, 3.8) is 0 Å². The van der Waals surface area contributed by atoms with Crippen molar-refractivity contribution >= 4 is 5.97 Å². The number of aliphatic carboxylic acids is 1. The van der Waals surface area contributed by atoms with E-state index in [0.717, 1.165) is 6.07 Å². The Balaban J connectivity index is 1.94. The quantitative estimate of drug-likeness (QED) is 0.860. The van der Waals surface area contributed by atoms with Gasteiger partial charge in [-0.05, 0) is 42.9 Å². The molecule has 1 aromatic rings. The topological polar surface area (TPSA) is 37.3 Å². The van der Waals surface area contributed by atoms with Crippen molar-refractivity contribution in [2.24, 2.45) is 11.8 Å². The zero-order valence-corrected chi connectivity index (χ0v) is 8.62. The summed E-state index contributed by atoms with van der Waals surface area (Å²) in [6, 6.07) is 3.44. The van der Waals surface area contributed by atoms with Crippen molar-refractivity contribution in [3.05, 3.63) is 35.4 Å². The number of hydrogen-bond donors (Lipinski definition) is 1. The molecule has 4 heteroatoms. The van der Waals surface area contributed by atoms with Crippen LogP contribution in [-0.4, -0.2) is 11.1 Å². The van der Waals surface area contributed by atoms with Crippen LogP contribution in [-0.2, 0) is 11.2 Å². The van der Waals surface area contributed by atoms with Gasteiger partial charge in [-0.2, -0.15) is 0 Å². The number of carbonyl (C=O) groups is 1. The fourth-order valence-electron chi connectivity index (χ4n) is 2.17. The minimum absolute atomic E-state index is 0.238. The van der Waals surface area contributed by atoms with Gasteiger partial charge >= 0.3 is 5.97 Å². The van der Waals surface area contributed by atoms with Crippen LogP contribution in [0.3, 0.4) is 0 Å². The largest absolute Gasteiger partial charge is 0.481 e. The van der Waals surface area contributed by atoms with Crippen molar-refractivity contribution in [3.8, 4) is 0 Å². The average molecular weight is 226 g/mol. The molecule has 0 heterocycles. The molecule has 0 spiro atoms. The van der Waals surface area contributed by atoms with Gasteiger partial charge in [0.1, 0.15) is 11.6 Å². The van der Waals surface area contributed by atoms with Gasteiger partial charge in [0, 0.05) is 6.07 Å². The summed E-state index contributed by atoms with van der Waals surface area (Å²) in [7, 11) is 0. The number of rotatable bonds is 3. The first-order valence-corrected chi connectivity index (χ1v) is 5.22. The molecule has 0 aliphatic heterocycles. The van der Waals surface area contributed by atoms with E-state index in [1.54, 1.807) is 0 Å². The van der Waals surface area contributed by atoms with Crippen LogP contribution in [0.2, 0.25) is 0 Å². The lowest BCUT2D eigenvalue weighted by molar-refractivity contribution is -0.146. The van der Waals surface area contributed by atoms with Gasteiger partial charge < -0.3 is 5.11 Å². The van der Waals surface area contributed by atoms with Gasteiger partial charge in [-0.25, -0.2) is 8.78 Å².